The summed E-state index contributed by atoms with van der Waals surface area (Å²) < 4.78 is 7.25. The molecule has 0 radical (unpaired) electrons. The van der Waals surface area contributed by atoms with Gasteiger partial charge in [-0.3, -0.25) is 14.4 Å². The van der Waals surface area contributed by atoms with Gasteiger partial charge in [-0.1, -0.05) is 23.7 Å². The molecule has 2 heterocycles. The van der Waals surface area contributed by atoms with Crippen LogP contribution in [-0.4, -0.2) is 53.4 Å². The number of nitrogens with one attached hydrogen (secondary N) is 1. The smallest absolute Gasteiger partial charge is 0.224 e. The maximum absolute atomic E-state index is 12.4. The molecule has 1 unspecified atom stereocenters. The van der Waals surface area contributed by atoms with E-state index in [0.717, 1.165) is 29.9 Å². The maximum Gasteiger partial charge on any atom is 0.224 e. The van der Waals surface area contributed by atoms with Gasteiger partial charge in [0.05, 0.1) is 31.9 Å². The Labute approximate surface area is 159 Å². The highest BCUT2D eigenvalue weighted by molar-refractivity contribution is 6.30. The molecule has 0 bridgehead atoms. The van der Waals surface area contributed by atoms with Crippen LogP contribution in [0.5, 0.6) is 0 Å². The van der Waals surface area contributed by atoms with Crippen molar-refractivity contribution >= 4 is 17.5 Å². The van der Waals surface area contributed by atoms with Gasteiger partial charge in [0.25, 0.3) is 0 Å². The highest BCUT2D eigenvalue weighted by Gasteiger charge is 2.23. The number of amides is 1. The molecule has 7 heteroatoms. The third-order valence-corrected chi connectivity index (χ3v) is 5.14. The van der Waals surface area contributed by atoms with Gasteiger partial charge in [-0.2, -0.15) is 5.10 Å². The molecule has 140 valence electrons. The van der Waals surface area contributed by atoms with Gasteiger partial charge in [-0.05, 0) is 24.6 Å². The summed E-state index contributed by atoms with van der Waals surface area (Å²) in [6.45, 7) is 5.61. The zero-order valence-corrected chi connectivity index (χ0v) is 16.0. The minimum Gasteiger partial charge on any atom is -0.379 e. The Kier molecular flexibility index (Phi) is 6.29. The molecule has 1 aromatic carbocycles. The van der Waals surface area contributed by atoms with Crippen LogP contribution in [0.2, 0.25) is 5.02 Å². The predicted molar refractivity (Wildman–Crippen MR) is 101 cm³/mol. The van der Waals surface area contributed by atoms with Crippen LogP contribution in [0.3, 0.4) is 0 Å². The zero-order chi connectivity index (χ0) is 18.5. The number of halogens is 1. The van der Waals surface area contributed by atoms with E-state index in [2.05, 4.69) is 21.4 Å². The van der Waals surface area contributed by atoms with Crippen LogP contribution in [-0.2, 0) is 23.0 Å². The molecular weight excluding hydrogens is 352 g/mol. The number of benzene rings is 1. The summed E-state index contributed by atoms with van der Waals surface area (Å²) >= 11 is 6.18. The second-order valence-electron chi connectivity index (χ2n) is 6.58. The van der Waals surface area contributed by atoms with Crippen molar-refractivity contribution in [3.05, 3.63) is 52.3 Å². The van der Waals surface area contributed by atoms with Crippen LogP contribution in [0.25, 0.3) is 0 Å². The molecule has 0 aliphatic carbocycles. The number of rotatable bonds is 6. The highest BCUT2D eigenvalue weighted by atomic mass is 35.5. The van der Waals surface area contributed by atoms with E-state index in [4.69, 9.17) is 16.3 Å². The topological polar surface area (TPSA) is 59.4 Å². The third kappa shape index (κ3) is 4.63. The number of hydrogen-bond acceptors (Lipinski definition) is 4. The van der Waals surface area contributed by atoms with Crippen LogP contribution in [0, 0.1) is 6.92 Å². The lowest BCUT2D eigenvalue weighted by molar-refractivity contribution is -0.120. The van der Waals surface area contributed by atoms with Crippen molar-refractivity contribution in [3.8, 4) is 0 Å². The summed E-state index contributed by atoms with van der Waals surface area (Å²) in [5.41, 5.74) is 3.08. The quantitative estimate of drug-likeness (QED) is 0.838. The number of aryl methyl sites for hydroxylation is 1. The van der Waals surface area contributed by atoms with E-state index in [1.54, 1.807) is 10.9 Å². The van der Waals surface area contributed by atoms with Crippen molar-refractivity contribution < 1.29 is 9.53 Å². The van der Waals surface area contributed by atoms with E-state index in [-0.39, 0.29) is 11.9 Å². The predicted octanol–water partition coefficient (Wildman–Crippen LogP) is 2.11. The van der Waals surface area contributed by atoms with Crippen LogP contribution >= 0.6 is 11.6 Å². The molecule has 26 heavy (non-hydrogen) atoms. The van der Waals surface area contributed by atoms with Crippen molar-refractivity contribution in [1.29, 1.82) is 0 Å². The van der Waals surface area contributed by atoms with Gasteiger partial charge in [0.1, 0.15) is 0 Å². The molecule has 1 saturated heterocycles. The Balaban J connectivity index is 1.67. The largest absolute Gasteiger partial charge is 0.379 e. The summed E-state index contributed by atoms with van der Waals surface area (Å²) in [5, 5.41) is 7.98. The number of aromatic nitrogens is 2. The lowest BCUT2D eigenvalue weighted by Crippen LogP contribution is -2.44. The number of ether oxygens (including phenoxy) is 1. The third-order valence-electron chi connectivity index (χ3n) is 4.90. The monoisotopic (exact) mass is 376 g/mol. The summed E-state index contributed by atoms with van der Waals surface area (Å²) in [6.07, 6.45) is 2.09. The normalized spacial score (nSPS) is 16.4. The average Bonchev–Trinajstić information content (AvgIpc) is 2.95. The average molecular weight is 377 g/mol. The van der Waals surface area contributed by atoms with Gasteiger partial charge in [0.2, 0.25) is 5.91 Å². The number of hydrogen-bond donors (Lipinski definition) is 1. The molecule has 1 aliphatic heterocycles. The molecule has 3 rings (SSSR count). The van der Waals surface area contributed by atoms with E-state index in [1.807, 2.05) is 32.2 Å². The first-order valence-electron chi connectivity index (χ1n) is 8.86. The number of nitrogens with zero attached hydrogens (tertiary/aromatic N) is 3. The van der Waals surface area contributed by atoms with Crippen molar-refractivity contribution in [2.45, 2.75) is 19.4 Å². The first-order valence-corrected chi connectivity index (χ1v) is 9.24. The van der Waals surface area contributed by atoms with Crippen LogP contribution in [0.4, 0.5) is 0 Å². The Morgan fingerprint density at radius 2 is 2.15 bits per heavy atom. The molecule has 1 atom stereocenters. The first kappa shape index (κ1) is 18.9. The van der Waals surface area contributed by atoms with Gasteiger partial charge in [0, 0.05) is 43.0 Å². The van der Waals surface area contributed by atoms with Crippen molar-refractivity contribution in [2.75, 3.05) is 32.8 Å². The van der Waals surface area contributed by atoms with Crippen LogP contribution in [0.15, 0.2) is 30.5 Å². The number of carbonyl (C=O) groups excluding carboxylic acids is 1. The van der Waals surface area contributed by atoms with Gasteiger partial charge >= 0.3 is 0 Å². The molecule has 0 saturated carbocycles. The van der Waals surface area contributed by atoms with E-state index in [9.17, 15) is 4.79 Å². The SMILES string of the molecule is Cc1c(CC(=O)NCC(c2cccc(Cl)c2)N2CCOCC2)cnn1C. The van der Waals surface area contributed by atoms with E-state index >= 15 is 0 Å². The molecule has 6 nitrogen and oxygen atoms in total. The van der Waals surface area contributed by atoms with Gasteiger partial charge in [-0.15, -0.1) is 0 Å². The molecular formula is C19H25ClN4O2. The highest BCUT2D eigenvalue weighted by Crippen LogP contribution is 2.24. The standard InChI is InChI=1S/C19H25ClN4O2/c1-14-16(12-22-23(14)2)11-19(25)21-13-18(24-6-8-26-9-7-24)15-4-3-5-17(20)10-15/h3-5,10,12,18H,6-9,11,13H2,1-2H3,(H,21,25). The van der Waals surface area contributed by atoms with E-state index < -0.39 is 0 Å². The van der Waals surface area contributed by atoms with Gasteiger partial charge in [-0.25, -0.2) is 0 Å². The molecule has 2 aromatic rings. The molecule has 1 amide bonds. The summed E-state index contributed by atoms with van der Waals surface area (Å²) in [4.78, 5) is 14.8. The van der Waals surface area contributed by atoms with Crippen molar-refractivity contribution in [1.82, 2.24) is 20.0 Å². The molecule has 1 N–H and O–H groups in total. The first-order chi connectivity index (χ1) is 12.5. The minimum atomic E-state index is 0.00128. The molecule has 0 spiro atoms. The fourth-order valence-corrected chi connectivity index (χ4v) is 3.42. The van der Waals surface area contributed by atoms with Crippen LogP contribution in [0.1, 0.15) is 22.9 Å². The van der Waals surface area contributed by atoms with Gasteiger partial charge < -0.3 is 10.1 Å². The Bertz CT molecular complexity index is 756. The Morgan fingerprint density at radius 1 is 1.38 bits per heavy atom. The van der Waals surface area contributed by atoms with E-state index in [0.29, 0.717) is 31.2 Å². The number of carbonyl (C=O) groups is 1. The van der Waals surface area contributed by atoms with Crippen LogP contribution < -0.4 is 5.32 Å². The zero-order valence-electron chi connectivity index (χ0n) is 15.2. The summed E-state index contributed by atoms with van der Waals surface area (Å²) in [7, 11) is 1.88. The lowest BCUT2D eigenvalue weighted by atomic mass is 10.0. The van der Waals surface area contributed by atoms with Gasteiger partial charge in [0.15, 0.2) is 0 Å². The maximum atomic E-state index is 12.4. The lowest BCUT2D eigenvalue weighted by Gasteiger charge is -2.35. The minimum absolute atomic E-state index is 0.00128. The van der Waals surface area contributed by atoms with E-state index in [1.165, 1.54) is 0 Å². The summed E-state index contributed by atoms with van der Waals surface area (Å²) in [5.74, 6) is 0.00128. The Hall–Kier alpha value is -1.89. The van der Waals surface area contributed by atoms with Crippen molar-refractivity contribution in [2.24, 2.45) is 7.05 Å². The molecule has 1 aromatic heterocycles. The molecule has 1 fully saturated rings. The fraction of sp³-hybridized carbons (Fsp3) is 0.474. The second-order valence-corrected chi connectivity index (χ2v) is 7.02. The van der Waals surface area contributed by atoms with Crippen molar-refractivity contribution in [3.63, 3.8) is 0 Å². The summed E-state index contributed by atoms with van der Waals surface area (Å²) in [6, 6.07) is 7.93. The number of morpholine rings is 1. The molecule has 1 aliphatic rings. The fourth-order valence-electron chi connectivity index (χ4n) is 3.22. The second kappa shape index (κ2) is 8.66. The Morgan fingerprint density at radius 3 is 2.81 bits per heavy atom.